The molecule has 1 aromatic heterocycles. The Hall–Kier alpha value is -2.43. The fourth-order valence-corrected chi connectivity index (χ4v) is 4.18. The van der Waals surface area contributed by atoms with Gasteiger partial charge in [-0.25, -0.2) is 4.79 Å². The van der Waals surface area contributed by atoms with Gasteiger partial charge in [0.25, 0.3) is 0 Å². The number of benzene rings is 2. The molecule has 1 fully saturated rings. The number of fused-ring (bicyclic) bond motifs is 1. The van der Waals surface area contributed by atoms with Crippen molar-refractivity contribution in [1.82, 2.24) is 9.80 Å². The van der Waals surface area contributed by atoms with Crippen LogP contribution in [0.25, 0.3) is 11.0 Å². The molecule has 4 rings (SSSR count). The normalized spacial score (nSPS) is 15.8. The van der Waals surface area contributed by atoms with E-state index in [-0.39, 0.29) is 5.63 Å². The Kier molecular flexibility index (Phi) is 5.84. The third-order valence-corrected chi connectivity index (χ3v) is 6.06. The maximum atomic E-state index is 12.0. The molecule has 29 heavy (non-hydrogen) atoms. The van der Waals surface area contributed by atoms with Gasteiger partial charge in [-0.3, -0.25) is 9.80 Å². The van der Waals surface area contributed by atoms with Crippen LogP contribution in [0, 0.1) is 13.8 Å². The molecule has 1 aliphatic heterocycles. The molecule has 3 aromatic rings. The summed E-state index contributed by atoms with van der Waals surface area (Å²) >= 11 is 0. The Morgan fingerprint density at radius 1 is 0.862 bits per heavy atom. The summed E-state index contributed by atoms with van der Waals surface area (Å²) in [6.45, 7) is 12.4. The molecule has 0 saturated carbocycles. The SMILES string of the molecule is CCc1ccc2oc(=O)cc(CN3CCN(Cc4cc(C)ccc4C)CC3)c2c1. The third kappa shape index (κ3) is 4.60. The molecule has 2 heterocycles. The quantitative estimate of drug-likeness (QED) is 0.609. The van der Waals surface area contributed by atoms with Crippen molar-refractivity contribution in [2.24, 2.45) is 0 Å². The van der Waals surface area contributed by atoms with Gasteiger partial charge in [0.2, 0.25) is 0 Å². The van der Waals surface area contributed by atoms with Gasteiger partial charge in [0.15, 0.2) is 0 Å². The van der Waals surface area contributed by atoms with E-state index in [9.17, 15) is 4.79 Å². The van der Waals surface area contributed by atoms with Gasteiger partial charge in [0.1, 0.15) is 5.58 Å². The molecule has 0 N–H and O–H groups in total. The van der Waals surface area contributed by atoms with Crippen LogP contribution in [-0.4, -0.2) is 36.0 Å². The number of rotatable bonds is 5. The van der Waals surface area contributed by atoms with Crippen LogP contribution in [0.3, 0.4) is 0 Å². The van der Waals surface area contributed by atoms with Crippen molar-refractivity contribution >= 4 is 11.0 Å². The molecule has 4 heteroatoms. The van der Waals surface area contributed by atoms with Gasteiger partial charge in [-0.2, -0.15) is 0 Å². The van der Waals surface area contributed by atoms with E-state index in [0.717, 1.165) is 56.6 Å². The van der Waals surface area contributed by atoms with Crippen molar-refractivity contribution < 1.29 is 4.42 Å². The highest BCUT2D eigenvalue weighted by molar-refractivity contribution is 5.80. The van der Waals surface area contributed by atoms with Gasteiger partial charge < -0.3 is 4.42 Å². The summed E-state index contributed by atoms with van der Waals surface area (Å²) in [5.41, 5.74) is 6.90. The molecule has 1 aliphatic rings. The van der Waals surface area contributed by atoms with E-state index < -0.39 is 0 Å². The number of hydrogen-bond acceptors (Lipinski definition) is 4. The first-order valence-corrected chi connectivity index (χ1v) is 10.6. The van der Waals surface area contributed by atoms with E-state index in [4.69, 9.17) is 4.42 Å². The van der Waals surface area contributed by atoms with Crippen LogP contribution in [0.2, 0.25) is 0 Å². The monoisotopic (exact) mass is 390 g/mol. The molecule has 1 saturated heterocycles. The summed E-state index contributed by atoms with van der Waals surface area (Å²) in [5.74, 6) is 0. The Morgan fingerprint density at radius 2 is 1.55 bits per heavy atom. The highest BCUT2D eigenvalue weighted by Gasteiger charge is 2.19. The molecule has 4 nitrogen and oxygen atoms in total. The molecule has 0 spiro atoms. The Bertz CT molecular complexity index is 1060. The van der Waals surface area contributed by atoms with E-state index >= 15 is 0 Å². The van der Waals surface area contributed by atoms with E-state index in [2.05, 4.69) is 54.8 Å². The zero-order chi connectivity index (χ0) is 20.4. The topological polar surface area (TPSA) is 36.7 Å². The molecule has 152 valence electrons. The molecular formula is C25H30N2O2. The van der Waals surface area contributed by atoms with E-state index in [0.29, 0.717) is 5.58 Å². The van der Waals surface area contributed by atoms with Crippen LogP contribution in [-0.2, 0) is 19.5 Å². The highest BCUT2D eigenvalue weighted by Crippen LogP contribution is 2.22. The summed E-state index contributed by atoms with van der Waals surface area (Å²) in [7, 11) is 0. The van der Waals surface area contributed by atoms with E-state index in [1.807, 2.05) is 12.1 Å². The number of piperazine rings is 1. The van der Waals surface area contributed by atoms with Crippen LogP contribution >= 0.6 is 0 Å². The lowest BCUT2D eigenvalue weighted by molar-refractivity contribution is 0.122. The van der Waals surface area contributed by atoms with E-state index in [1.165, 1.54) is 22.3 Å². The van der Waals surface area contributed by atoms with Gasteiger partial charge in [0.05, 0.1) is 0 Å². The van der Waals surface area contributed by atoms with Crippen molar-refractivity contribution in [2.45, 2.75) is 40.3 Å². The smallest absolute Gasteiger partial charge is 0.336 e. The number of aryl methyl sites for hydroxylation is 3. The lowest BCUT2D eigenvalue weighted by atomic mass is 10.0. The van der Waals surface area contributed by atoms with Crippen molar-refractivity contribution in [3.05, 3.63) is 80.7 Å². The summed E-state index contributed by atoms with van der Waals surface area (Å²) in [4.78, 5) is 17.0. The maximum Gasteiger partial charge on any atom is 0.336 e. The molecule has 0 amide bonds. The average molecular weight is 391 g/mol. The zero-order valence-corrected chi connectivity index (χ0v) is 17.7. The highest BCUT2D eigenvalue weighted by atomic mass is 16.4. The first kappa shape index (κ1) is 19.9. The fraction of sp³-hybridized carbons (Fsp3) is 0.400. The van der Waals surface area contributed by atoms with Crippen LogP contribution in [0.5, 0.6) is 0 Å². The summed E-state index contributed by atoms with van der Waals surface area (Å²) < 4.78 is 5.41. The minimum atomic E-state index is -0.259. The molecule has 0 aliphatic carbocycles. The number of hydrogen-bond donors (Lipinski definition) is 0. The Balaban J connectivity index is 1.44. The van der Waals surface area contributed by atoms with Gasteiger partial charge in [-0.1, -0.05) is 36.8 Å². The van der Waals surface area contributed by atoms with Crippen LogP contribution in [0.15, 0.2) is 51.7 Å². The van der Waals surface area contributed by atoms with Crippen molar-refractivity contribution in [1.29, 1.82) is 0 Å². The lowest BCUT2D eigenvalue weighted by Gasteiger charge is -2.35. The maximum absolute atomic E-state index is 12.0. The second-order valence-electron chi connectivity index (χ2n) is 8.26. The standard InChI is InChI=1S/C25H30N2O2/c1-4-20-7-8-24-23(14-20)22(15-25(28)29-24)17-27-11-9-26(10-12-27)16-21-13-18(2)5-6-19(21)3/h5-8,13-15H,4,9-12,16-17H2,1-3H3. The molecule has 0 unspecified atom stereocenters. The molecule has 2 aromatic carbocycles. The van der Waals surface area contributed by atoms with Gasteiger partial charge in [0, 0.05) is 50.7 Å². The van der Waals surface area contributed by atoms with Crippen LogP contribution in [0.1, 0.15) is 34.7 Å². The molecular weight excluding hydrogens is 360 g/mol. The largest absolute Gasteiger partial charge is 0.423 e. The van der Waals surface area contributed by atoms with Crippen LogP contribution in [0.4, 0.5) is 0 Å². The predicted molar refractivity (Wildman–Crippen MR) is 118 cm³/mol. The molecule has 0 radical (unpaired) electrons. The van der Waals surface area contributed by atoms with Gasteiger partial charge in [-0.15, -0.1) is 0 Å². The molecule has 0 atom stereocenters. The van der Waals surface area contributed by atoms with Crippen molar-refractivity contribution in [3.8, 4) is 0 Å². The zero-order valence-electron chi connectivity index (χ0n) is 17.7. The summed E-state index contributed by atoms with van der Waals surface area (Å²) in [6, 6.07) is 14.5. The van der Waals surface area contributed by atoms with Gasteiger partial charge in [-0.05, 0) is 54.7 Å². The summed E-state index contributed by atoms with van der Waals surface area (Å²) in [6.07, 6.45) is 0.978. The average Bonchev–Trinajstić information content (AvgIpc) is 2.72. The first-order valence-electron chi connectivity index (χ1n) is 10.6. The second kappa shape index (κ2) is 8.52. The lowest BCUT2D eigenvalue weighted by Crippen LogP contribution is -2.45. The minimum Gasteiger partial charge on any atom is -0.423 e. The fourth-order valence-electron chi connectivity index (χ4n) is 4.18. The first-order chi connectivity index (χ1) is 14.0. The van der Waals surface area contributed by atoms with Crippen LogP contribution < -0.4 is 5.63 Å². The van der Waals surface area contributed by atoms with Crippen molar-refractivity contribution in [2.75, 3.05) is 26.2 Å². The van der Waals surface area contributed by atoms with E-state index in [1.54, 1.807) is 6.07 Å². The Morgan fingerprint density at radius 3 is 2.24 bits per heavy atom. The predicted octanol–water partition coefficient (Wildman–Crippen LogP) is 4.29. The minimum absolute atomic E-state index is 0.259. The number of nitrogens with zero attached hydrogens (tertiary/aromatic N) is 2. The van der Waals surface area contributed by atoms with Gasteiger partial charge >= 0.3 is 5.63 Å². The second-order valence-corrected chi connectivity index (χ2v) is 8.26. The van der Waals surface area contributed by atoms with Crippen molar-refractivity contribution in [3.63, 3.8) is 0 Å². The summed E-state index contributed by atoms with van der Waals surface area (Å²) in [5, 5.41) is 1.07. The third-order valence-electron chi connectivity index (χ3n) is 6.06. The Labute approximate surface area is 172 Å². The molecule has 0 bridgehead atoms.